The number of rotatable bonds is 7. The van der Waals surface area contributed by atoms with Crippen molar-refractivity contribution < 1.29 is 18.8 Å². The van der Waals surface area contributed by atoms with E-state index >= 15 is 0 Å². The van der Waals surface area contributed by atoms with Gasteiger partial charge in [-0.15, -0.1) is 0 Å². The molecule has 0 fully saturated rings. The predicted molar refractivity (Wildman–Crippen MR) is 154 cm³/mol. The first kappa shape index (κ1) is 27.5. The molecule has 12 heteroatoms. The minimum atomic E-state index is -0.617. The number of benzene rings is 2. The summed E-state index contributed by atoms with van der Waals surface area (Å²) in [4.78, 5) is 25.9. The first-order valence-electron chi connectivity index (χ1n) is 12.6. The Morgan fingerprint density at radius 2 is 1.93 bits per heavy atom. The molecule has 0 radical (unpaired) electrons. The van der Waals surface area contributed by atoms with E-state index in [-0.39, 0.29) is 30.2 Å². The fourth-order valence-corrected chi connectivity index (χ4v) is 5.07. The molecule has 0 spiro atoms. The topological polar surface area (TPSA) is 123 Å². The van der Waals surface area contributed by atoms with E-state index in [4.69, 9.17) is 37.6 Å². The maximum absolute atomic E-state index is 13.1. The number of anilines is 2. The molecule has 0 saturated carbocycles. The smallest absolute Gasteiger partial charge is 0.259 e. The Balaban J connectivity index is 1.37. The summed E-state index contributed by atoms with van der Waals surface area (Å²) in [6.45, 7) is 7.78. The largest absolute Gasteiger partial charge is 0.496 e. The molecule has 2 amide bonds. The van der Waals surface area contributed by atoms with Crippen LogP contribution in [0.5, 0.6) is 5.75 Å². The number of hydrogen-bond donors (Lipinski definition) is 3. The van der Waals surface area contributed by atoms with Crippen LogP contribution in [0, 0.1) is 0 Å². The Kier molecular flexibility index (Phi) is 7.24. The van der Waals surface area contributed by atoms with Crippen LogP contribution in [0.15, 0.2) is 47.0 Å². The van der Waals surface area contributed by atoms with Crippen LogP contribution in [0.1, 0.15) is 49.7 Å². The second kappa shape index (κ2) is 10.5. The lowest BCUT2D eigenvalue weighted by Crippen LogP contribution is -2.53. The molecule has 2 aromatic heterocycles. The second-order valence-corrected chi connectivity index (χ2v) is 11.1. The Morgan fingerprint density at radius 3 is 2.62 bits per heavy atom. The lowest BCUT2D eigenvalue weighted by Gasteiger charge is -2.33. The van der Waals surface area contributed by atoms with Gasteiger partial charge < -0.3 is 19.9 Å². The molecule has 3 heterocycles. The minimum Gasteiger partial charge on any atom is -0.496 e. The zero-order valence-electron chi connectivity index (χ0n) is 22.6. The molecule has 4 aromatic rings. The minimum absolute atomic E-state index is 0.00988. The number of ether oxygens (including phenoxy) is 1. The summed E-state index contributed by atoms with van der Waals surface area (Å²) >= 11 is 12.2. The van der Waals surface area contributed by atoms with Gasteiger partial charge in [0, 0.05) is 33.8 Å². The highest BCUT2D eigenvalue weighted by atomic mass is 35.5. The van der Waals surface area contributed by atoms with Crippen molar-refractivity contribution in [2.75, 3.05) is 17.7 Å². The molecule has 0 saturated heterocycles. The molecule has 1 aliphatic rings. The molecule has 2 aromatic carbocycles. The Morgan fingerprint density at radius 1 is 1.15 bits per heavy atom. The van der Waals surface area contributed by atoms with Gasteiger partial charge in [0.2, 0.25) is 11.8 Å². The molecule has 208 valence electrons. The number of carbonyl (C=O) groups is 2. The number of hydrogen-bond acceptors (Lipinski definition) is 7. The fourth-order valence-electron chi connectivity index (χ4n) is 4.57. The maximum Gasteiger partial charge on any atom is 0.259 e. The van der Waals surface area contributed by atoms with Crippen LogP contribution in [0.4, 0.5) is 11.7 Å². The average Bonchev–Trinajstić information content (AvgIpc) is 3.48. The number of methoxy groups -OCH3 is 1. The van der Waals surface area contributed by atoms with E-state index in [0.717, 1.165) is 0 Å². The maximum atomic E-state index is 13.1. The van der Waals surface area contributed by atoms with Crippen LogP contribution in [0.2, 0.25) is 10.0 Å². The zero-order chi connectivity index (χ0) is 28.8. The van der Waals surface area contributed by atoms with Crippen molar-refractivity contribution in [2.24, 2.45) is 0 Å². The van der Waals surface area contributed by atoms with Crippen LogP contribution in [-0.4, -0.2) is 39.5 Å². The van der Waals surface area contributed by atoms with E-state index in [9.17, 15) is 9.59 Å². The first-order chi connectivity index (χ1) is 19.0. The van der Waals surface area contributed by atoms with Crippen molar-refractivity contribution in [3.63, 3.8) is 0 Å². The molecule has 5 rings (SSSR count). The van der Waals surface area contributed by atoms with Gasteiger partial charge in [-0.1, -0.05) is 40.5 Å². The lowest BCUT2D eigenvalue weighted by atomic mass is 10.0. The van der Waals surface area contributed by atoms with Gasteiger partial charge in [-0.2, -0.15) is 5.10 Å². The van der Waals surface area contributed by atoms with Crippen molar-refractivity contribution in [1.82, 2.24) is 20.3 Å². The number of amides is 2. The van der Waals surface area contributed by atoms with E-state index < -0.39 is 5.66 Å². The van der Waals surface area contributed by atoms with Crippen molar-refractivity contribution in [1.29, 1.82) is 0 Å². The molecular weight excluding hydrogens is 555 g/mol. The second-order valence-electron chi connectivity index (χ2n) is 10.3. The van der Waals surface area contributed by atoms with Gasteiger partial charge in [0.05, 0.1) is 18.6 Å². The molecule has 40 heavy (non-hydrogen) atoms. The van der Waals surface area contributed by atoms with E-state index in [0.29, 0.717) is 55.3 Å². The summed E-state index contributed by atoms with van der Waals surface area (Å²) in [5.41, 5.74) is 2.79. The fraction of sp³-hybridized carbons (Fsp3) is 0.286. The van der Waals surface area contributed by atoms with Crippen LogP contribution in [0.3, 0.4) is 0 Å². The molecule has 10 nitrogen and oxygen atoms in total. The monoisotopic (exact) mass is 582 g/mol. The van der Waals surface area contributed by atoms with Crippen LogP contribution < -0.4 is 20.7 Å². The standard InChI is InChI=1S/C28H28Cl2N6O4/c1-14(2)36-26-24(27(38)33-28(3,4)32-26)25(34-36)16-7-6-15(21(10-16)39-5)11-22(37)31-23-13-20(35-40-23)18-9-8-17(29)12-19(18)30/h6-10,12-14,32H,11H2,1-5H3,(H,31,37)(H,33,38). The van der Waals surface area contributed by atoms with Crippen LogP contribution in [-0.2, 0) is 11.2 Å². The Bertz CT molecular complexity index is 1620. The average molecular weight is 583 g/mol. The summed E-state index contributed by atoms with van der Waals surface area (Å²) in [5, 5.41) is 18.7. The molecular formula is C28H28Cl2N6O4. The van der Waals surface area contributed by atoms with Gasteiger partial charge in [0.25, 0.3) is 5.91 Å². The summed E-state index contributed by atoms with van der Waals surface area (Å²) in [5.74, 6) is 0.773. The van der Waals surface area contributed by atoms with Crippen molar-refractivity contribution in [2.45, 2.75) is 45.8 Å². The van der Waals surface area contributed by atoms with Crippen LogP contribution >= 0.6 is 23.2 Å². The molecule has 0 bridgehead atoms. The van der Waals surface area contributed by atoms with Crippen LogP contribution in [0.25, 0.3) is 22.5 Å². The summed E-state index contributed by atoms with van der Waals surface area (Å²) in [6.07, 6.45) is 0.00988. The van der Waals surface area contributed by atoms with Crippen molar-refractivity contribution in [3.8, 4) is 28.3 Å². The molecule has 0 aliphatic carbocycles. The molecule has 3 N–H and O–H groups in total. The lowest BCUT2D eigenvalue weighted by molar-refractivity contribution is -0.115. The number of nitrogens with one attached hydrogen (secondary N) is 3. The quantitative estimate of drug-likeness (QED) is 0.238. The van der Waals surface area contributed by atoms with E-state index in [1.54, 1.807) is 36.4 Å². The normalized spacial score (nSPS) is 13.9. The van der Waals surface area contributed by atoms with Crippen molar-refractivity contribution in [3.05, 3.63) is 63.6 Å². The van der Waals surface area contributed by atoms with Gasteiger partial charge in [-0.05, 0) is 52.0 Å². The first-order valence-corrected chi connectivity index (χ1v) is 13.3. The Labute approximate surface area is 241 Å². The number of carbonyl (C=O) groups excluding carboxylic acids is 2. The highest BCUT2D eigenvalue weighted by Gasteiger charge is 2.36. The van der Waals surface area contributed by atoms with Crippen molar-refractivity contribution >= 4 is 46.7 Å². The number of nitrogens with zero attached hydrogens (tertiary/aromatic N) is 3. The van der Waals surface area contributed by atoms with E-state index in [1.165, 1.54) is 7.11 Å². The summed E-state index contributed by atoms with van der Waals surface area (Å²) in [7, 11) is 1.53. The number of fused-ring (bicyclic) bond motifs is 1. The van der Waals surface area contributed by atoms with E-state index in [2.05, 4.69) is 21.1 Å². The summed E-state index contributed by atoms with van der Waals surface area (Å²) in [6, 6.07) is 12.0. The molecule has 0 atom stereocenters. The van der Waals surface area contributed by atoms with Gasteiger partial charge in [0.1, 0.15) is 34.2 Å². The molecule has 1 aliphatic heterocycles. The number of aromatic nitrogens is 3. The summed E-state index contributed by atoms with van der Waals surface area (Å²) < 4.78 is 12.7. The third-order valence-corrected chi connectivity index (χ3v) is 6.92. The van der Waals surface area contributed by atoms with Gasteiger partial charge in [0.15, 0.2) is 0 Å². The van der Waals surface area contributed by atoms with Gasteiger partial charge in [-0.3, -0.25) is 14.9 Å². The highest BCUT2D eigenvalue weighted by molar-refractivity contribution is 6.36. The number of halogens is 2. The third-order valence-electron chi connectivity index (χ3n) is 6.37. The van der Waals surface area contributed by atoms with Gasteiger partial charge in [-0.25, -0.2) is 4.68 Å². The predicted octanol–water partition coefficient (Wildman–Crippen LogP) is 6.17. The Hall–Kier alpha value is -4.02. The third kappa shape index (κ3) is 5.37. The zero-order valence-corrected chi connectivity index (χ0v) is 24.1. The molecule has 0 unspecified atom stereocenters. The highest BCUT2D eigenvalue weighted by Crippen LogP contribution is 2.37. The van der Waals surface area contributed by atoms with Gasteiger partial charge >= 0.3 is 0 Å². The SMILES string of the molecule is COc1cc(-c2nn(C(C)C)c3c2C(=O)NC(C)(C)N3)ccc1CC(=O)Nc1cc(-c2ccc(Cl)cc2Cl)no1. The van der Waals surface area contributed by atoms with E-state index in [1.807, 2.05) is 38.4 Å².